The summed E-state index contributed by atoms with van der Waals surface area (Å²) in [6.45, 7) is 5.67. The number of nitro groups is 1. The van der Waals surface area contributed by atoms with Gasteiger partial charge in [0, 0.05) is 31.5 Å². The molecule has 0 aromatic heterocycles. The molecule has 1 atom stereocenters. The molecule has 0 fully saturated rings. The van der Waals surface area contributed by atoms with E-state index in [1.54, 1.807) is 13.2 Å². The van der Waals surface area contributed by atoms with Crippen LogP contribution >= 0.6 is 0 Å². The quantitative estimate of drug-likeness (QED) is 0.579. The lowest BCUT2D eigenvalue weighted by molar-refractivity contribution is -0.384. The van der Waals surface area contributed by atoms with Crippen molar-refractivity contribution in [2.75, 3.05) is 32.2 Å². The third-order valence-electron chi connectivity index (χ3n) is 2.52. The van der Waals surface area contributed by atoms with Crippen molar-refractivity contribution in [3.05, 3.63) is 28.3 Å². The van der Waals surface area contributed by atoms with Gasteiger partial charge in [-0.15, -0.1) is 0 Å². The number of rotatable bonds is 8. The number of benzene rings is 1. The van der Waals surface area contributed by atoms with Crippen molar-refractivity contribution in [2.24, 2.45) is 5.92 Å². The van der Waals surface area contributed by atoms with Crippen LogP contribution in [-0.2, 0) is 4.74 Å². The predicted octanol–water partition coefficient (Wildman–Crippen LogP) is 2.69. The number of non-ortho nitro benzene ring substituents is 1. The predicted molar refractivity (Wildman–Crippen MR) is 73.8 cm³/mol. The van der Waals surface area contributed by atoms with Gasteiger partial charge in [-0.05, 0) is 12.8 Å². The lowest BCUT2D eigenvalue weighted by atomic mass is 10.2. The molecule has 6 nitrogen and oxygen atoms in total. The van der Waals surface area contributed by atoms with Crippen LogP contribution in [-0.4, -0.2) is 31.8 Å². The highest BCUT2D eigenvalue weighted by molar-refractivity contribution is 5.56. The monoisotopic (exact) mass is 268 g/mol. The normalized spacial score (nSPS) is 11.9. The number of nitro benzene ring substituents is 1. The molecule has 1 aromatic rings. The second-order valence-corrected chi connectivity index (χ2v) is 4.35. The third-order valence-corrected chi connectivity index (χ3v) is 2.52. The summed E-state index contributed by atoms with van der Waals surface area (Å²) in [6, 6.07) is 4.69. The summed E-state index contributed by atoms with van der Waals surface area (Å²) in [6.07, 6.45) is 0. The number of nitrogens with zero attached hydrogens (tertiary/aromatic N) is 1. The van der Waals surface area contributed by atoms with Crippen molar-refractivity contribution in [1.29, 1.82) is 0 Å². The molecule has 106 valence electrons. The average molecular weight is 268 g/mol. The van der Waals surface area contributed by atoms with Crippen molar-refractivity contribution in [1.82, 2.24) is 0 Å². The number of hydrogen-bond donors (Lipinski definition) is 1. The standard InChI is InChI=1S/C13H20N2O4/c1-4-19-13-6-11(5-12(7-13)15(16)17)14-8-10(2)9-18-3/h5-7,10,14H,4,8-9H2,1-3H3. The molecule has 0 aliphatic carbocycles. The Balaban J connectivity index is 2.78. The fourth-order valence-electron chi connectivity index (χ4n) is 1.68. The van der Waals surface area contributed by atoms with Gasteiger partial charge in [-0.25, -0.2) is 0 Å². The van der Waals surface area contributed by atoms with Crippen LogP contribution in [0.5, 0.6) is 5.75 Å². The second-order valence-electron chi connectivity index (χ2n) is 4.35. The van der Waals surface area contributed by atoms with Crippen molar-refractivity contribution in [3.8, 4) is 5.75 Å². The summed E-state index contributed by atoms with van der Waals surface area (Å²) < 4.78 is 10.4. The fraction of sp³-hybridized carbons (Fsp3) is 0.538. The molecule has 0 spiro atoms. The van der Waals surface area contributed by atoms with Gasteiger partial charge >= 0.3 is 0 Å². The van der Waals surface area contributed by atoms with Gasteiger partial charge in [-0.1, -0.05) is 6.92 Å². The van der Waals surface area contributed by atoms with E-state index in [0.29, 0.717) is 37.1 Å². The minimum atomic E-state index is -0.424. The van der Waals surface area contributed by atoms with Crippen molar-refractivity contribution in [3.63, 3.8) is 0 Å². The van der Waals surface area contributed by atoms with Crippen LogP contribution in [0.25, 0.3) is 0 Å². The van der Waals surface area contributed by atoms with Gasteiger partial charge in [0.25, 0.3) is 5.69 Å². The molecule has 0 amide bonds. The Kier molecular flexibility index (Phi) is 6.08. The topological polar surface area (TPSA) is 73.6 Å². The van der Waals surface area contributed by atoms with Gasteiger partial charge in [0.2, 0.25) is 0 Å². The first-order chi connectivity index (χ1) is 9.06. The maximum Gasteiger partial charge on any atom is 0.275 e. The van der Waals surface area contributed by atoms with E-state index in [4.69, 9.17) is 9.47 Å². The molecule has 0 bridgehead atoms. The van der Waals surface area contributed by atoms with E-state index in [2.05, 4.69) is 5.32 Å². The van der Waals surface area contributed by atoms with Crippen molar-refractivity contribution >= 4 is 11.4 Å². The highest BCUT2D eigenvalue weighted by Gasteiger charge is 2.11. The molecule has 19 heavy (non-hydrogen) atoms. The first-order valence-electron chi connectivity index (χ1n) is 6.22. The molecule has 1 N–H and O–H groups in total. The minimum Gasteiger partial charge on any atom is -0.494 e. The lowest BCUT2D eigenvalue weighted by Gasteiger charge is -2.13. The molecular formula is C13H20N2O4. The molecule has 0 aliphatic heterocycles. The zero-order valence-corrected chi connectivity index (χ0v) is 11.5. The largest absolute Gasteiger partial charge is 0.494 e. The number of nitrogens with one attached hydrogen (secondary N) is 1. The van der Waals surface area contributed by atoms with E-state index in [1.165, 1.54) is 12.1 Å². The fourth-order valence-corrected chi connectivity index (χ4v) is 1.68. The third kappa shape index (κ3) is 5.13. The van der Waals surface area contributed by atoms with E-state index in [-0.39, 0.29) is 5.69 Å². The van der Waals surface area contributed by atoms with Crippen LogP contribution < -0.4 is 10.1 Å². The molecule has 0 radical (unpaired) electrons. The van der Waals surface area contributed by atoms with Gasteiger partial charge in [-0.2, -0.15) is 0 Å². The van der Waals surface area contributed by atoms with Crippen LogP contribution in [0.15, 0.2) is 18.2 Å². The summed E-state index contributed by atoms with van der Waals surface area (Å²) in [5, 5.41) is 14.0. The highest BCUT2D eigenvalue weighted by atomic mass is 16.6. The van der Waals surface area contributed by atoms with Gasteiger partial charge in [-0.3, -0.25) is 10.1 Å². The van der Waals surface area contributed by atoms with Crippen LogP contribution in [0.3, 0.4) is 0 Å². The van der Waals surface area contributed by atoms with E-state index >= 15 is 0 Å². The number of ether oxygens (including phenoxy) is 2. The summed E-state index contributed by atoms with van der Waals surface area (Å²) in [5.41, 5.74) is 0.702. The maximum atomic E-state index is 10.9. The van der Waals surface area contributed by atoms with Gasteiger partial charge in [0.1, 0.15) is 5.75 Å². The maximum absolute atomic E-state index is 10.9. The number of anilines is 1. The SMILES string of the molecule is CCOc1cc(NCC(C)COC)cc([N+](=O)[O-])c1. The Morgan fingerprint density at radius 1 is 1.42 bits per heavy atom. The van der Waals surface area contributed by atoms with Crippen LogP contribution in [0.4, 0.5) is 11.4 Å². The van der Waals surface area contributed by atoms with Crippen molar-refractivity contribution in [2.45, 2.75) is 13.8 Å². The van der Waals surface area contributed by atoms with E-state index in [9.17, 15) is 10.1 Å². The molecule has 0 saturated carbocycles. The molecule has 0 saturated heterocycles. The molecule has 1 rings (SSSR count). The van der Waals surface area contributed by atoms with Crippen LogP contribution in [0.1, 0.15) is 13.8 Å². The Morgan fingerprint density at radius 3 is 2.74 bits per heavy atom. The molecular weight excluding hydrogens is 248 g/mol. The molecule has 0 aliphatic rings. The minimum absolute atomic E-state index is 0.0212. The summed E-state index contributed by atoms with van der Waals surface area (Å²) in [7, 11) is 1.65. The van der Waals surface area contributed by atoms with Crippen molar-refractivity contribution < 1.29 is 14.4 Å². The number of hydrogen-bond acceptors (Lipinski definition) is 5. The Bertz CT molecular complexity index is 423. The van der Waals surface area contributed by atoms with E-state index in [0.717, 1.165) is 0 Å². The smallest absolute Gasteiger partial charge is 0.275 e. The average Bonchev–Trinajstić information content (AvgIpc) is 2.37. The molecule has 6 heteroatoms. The summed E-state index contributed by atoms with van der Waals surface area (Å²) in [4.78, 5) is 10.4. The molecule has 1 aromatic carbocycles. The zero-order chi connectivity index (χ0) is 14.3. The van der Waals surface area contributed by atoms with E-state index < -0.39 is 4.92 Å². The molecule has 1 unspecified atom stereocenters. The molecule has 0 heterocycles. The Labute approximate surface area is 112 Å². The first kappa shape index (κ1) is 15.2. The lowest BCUT2D eigenvalue weighted by Crippen LogP contribution is -2.15. The van der Waals surface area contributed by atoms with Gasteiger partial charge in [0.15, 0.2) is 0 Å². The zero-order valence-electron chi connectivity index (χ0n) is 11.5. The van der Waals surface area contributed by atoms with Crippen LogP contribution in [0.2, 0.25) is 0 Å². The van der Waals surface area contributed by atoms with Gasteiger partial charge in [0.05, 0.1) is 24.2 Å². The second kappa shape index (κ2) is 7.58. The van der Waals surface area contributed by atoms with E-state index in [1.807, 2.05) is 13.8 Å². The Morgan fingerprint density at radius 2 is 2.16 bits per heavy atom. The first-order valence-corrected chi connectivity index (χ1v) is 6.22. The van der Waals surface area contributed by atoms with Gasteiger partial charge < -0.3 is 14.8 Å². The number of methoxy groups -OCH3 is 1. The summed E-state index contributed by atoms with van der Waals surface area (Å²) >= 11 is 0. The summed E-state index contributed by atoms with van der Waals surface area (Å²) in [5.74, 6) is 0.818. The Hall–Kier alpha value is -1.82. The van der Waals surface area contributed by atoms with Crippen LogP contribution in [0, 0.1) is 16.0 Å². The highest BCUT2D eigenvalue weighted by Crippen LogP contribution is 2.26.